The Balaban J connectivity index is 1.90. The Bertz CT molecular complexity index is 555. The van der Waals surface area contributed by atoms with Crippen LogP contribution in [0.3, 0.4) is 0 Å². The van der Waals surface area contributed by atoms with Crippen molar-refractivity contribution < 1.29 is 8.42 Å². The van der Waals surface area contributed by atoms with E-state index in [9.17, 15) is 8.42 Å². The van der Waals surface area contributed by atoms with Crippen LogP contribution in [-0.2, 0) is 15.8 Å². The minimum atomic E-state index is -3.29. The molecule has 1 N–H and O–H groups in total. The number of rotatable bonds is 5. The van der Waals surface area contributed by atoms with Gasteiger partial charge in [0.1, 0.15) is 0 Å². The van der Waals surface area contributed by atoms with Crippen molar-refractivity contribution in [3.8, 4) is 6.07 Å². The highest BCUT2D eigenvalue weighted by atomic mass is 32.2. The van der Waals surface area contributed by atoms with Crippen LogP contribution < -0.4 is 4.72 Å². The topological polar surface area (TPSA) is 70.0 Å². The molecule has 0 saturated carbocycles. The fraction of sp³-hybridized carbons (Fsp3) is 0.462. The van der Waals surface area contributed by atoms with E-state index in [0.29, 0.717) is 22.9 Å². The third kappa shape index (κ3) is 4.53. The predicted octanol–water partition coefficient (Wildman–Crippen LogP) is 1.87. The summed E-state index contributed by atoms with van der Waals surface area (Å²) in [6.45, 7) is 0.517. The minimum Gasteiger partial charge on any atom is -0.214 e. The van der Waals surface area contributed by atoms with Crippen LogP contribution >= 0.6 is 11.8 Å². The summed E-state index contributed by atoms with van der Waals surface area (Å²) in [5.74, 6) is 1.10. The van der Waals surface area contributed by atoms with E-state index in [-0.39, 0.29) is 5.75 Å². The molecule has 102 valence electrons. The van der Waals surface area contributed by atoms with E-state index in [2.05, 4.69) is 4.72 Å². The highest BCUT2D eigenvalue weighted by Crippen LogP contribution is 2.25. The standard InChI is InChI=1S/C13H16N2O2S2/c14-8-11-3-5-12(6-4-11)10-19(16,17)15-9-13-2-1-7-18-13/h3-6,13,15H,1-2,7,9-10H2. The van der Waals surface area contributed by atoms with Crippen LogP contribution in [0.25, 0.3) is 0 Å². The van der Waals surface area contributed by atoms with Gasteiger partial charge in [-0.15, -0.1) is 0 Å². The van der Waals surface area contributed by atoms with Crippen molar-refractivity contribution in [2.45, 2.75) is 23.8 Å². The Hall–Kier alpha value is -1.03. The maximum Gasteiger partial charge on any atom is 0.215 e. The van der Waals surface area contributed by atoms with Crippen molar-refractivity contribution in [3.63, 3.8) is 0 Å². The van der Waals surface area contributed by atoms with Crippen LogP contribution in [-0.4, -0.2) is 26.0 Å². The van der Waals surface area contributed by atoms with Crippen molar-refractivity contribution in [2.24, 2.45) is 0 Å². The zero-order valence-electron chi connectivity index (χ0n) is 10.5. The lowest BCUT2D eigenvalue weighted by molar-refractivity contribution is 0.578. The largest absolute Gasteiger partial charge is 0.215 e. The Labute approximate surface area is 118 Å². The molecule has 0 bridgehead atoms. The Kier molecular flexibility index (Phi) is 4.86. The number of benzene rings is 1. The molecule has 1 aromatic carbocycles. The van der Waals surface area contributed by atoms with Crippen LogP contribution in [0.1, 0.15) is 24.0 Å². The highest BCUT2D eigenvalue weighted by molar-refractivity contribution is 8.00. The second-order valence-electron chi connectivity index (χ2n) is 4.55. The zero-order valence-corrected chi connectivity index (χ0v) is 12.1. The molecule has 6 heteroatoms. The van der Waals surface area contributed by atoms with Crippen molar-refractivity contribution in [1.29, 1.82) is 5.26 Å². The molecular formula is C13H16N2O2S2. The van der Waals surface area contributed by atoms with Gasteiger partial charge in [-0.1, -0.05) is 12.1 Å². The van der Waals surface area contributed by atoms with Crippen LogP contribution in [0.2, 0.25) is 0 Å². The molecule has 19 heavy (non-hydrogen) atoms. The van der Waals surface area contributed by atoms with E-state index < -0.39 is 10.0 Å². The van der Waals surface area contributed by atoms with E-state index in [1.807, 2.05) is 17.8 Å². The number of nitrogens with one attached hydrogen (secondary N) is 1. The maximum atomic E-state index is 11.9. The third-order valence-electron chi connectivity index (χ3n) is 2.99. The first-order chi connectivity index (χ1) is 9.09. The molecule has 0 spiro atoms. The van der Waals surface area contributed by atoms with Gasteiger partial charge >= 0.3 is 0 Å². The molecule has 2 rings (SSSR count). The molecule has 0 aliphatic carbocycles. The van der Waals surface area contributed by atoms with Gasteiger partial charge in [-0.05, 0) is 36.3 Å². The summed E-state index contributed by atoms with van der Waals surface area (Å²) >= 11 is 1.83. The van der Waals surface area contributed by atoms with E-state index in [0.717, 1.165) is 12.2 Å². The molecule has 0 aromatic heterocycles. The summed E-state index contributed by atoms with van der Waals surface area (Å²) in [5.41, 5.74) is 1.24. The first-order valence-electron chi connectivity index (χ1n) is 6.17. The molecule has 1 saturated heterocycles. The first-order valence-corrected chi connectivity index (χ1v) is 8.87. The van der Waals surface area contributed by atoms with Gasteiger partial charge in [0.15, 0.2) is 0 Å². The van der Waals surface area contributed by atoms with Crippen LogP contribution in [0.5, 0.6) is 0 Å². The smallest absolute Gasteiger partial charge is 0.214 e. The summed E-state index contributed by atoms with van der Waals surface area (Å²) in [7, 11) is -3.29. The van der Waals surface area contributed by atoms with Gasteiger partial charge in [0.2, 0.25) is 10.0 Å². The second kappa shape index (κ2) is 6.42. The number of hydrogen-bond acceptors (Lipinski definition) is 4. The lowest BCUT2D eigenvalue weighted by Gasteiger charge is -2.10. The number of thioether (sulfide) groups is 1. The van der Waals surface area contributed by atoms with Gasteiger partial charge in [0.25, 0.3) is 0 Å². The molecule has 1 aliphatic heterocycles. The van der Waals surface area contributed by atoms with E-state index in [1.165, 1.54) is 6.42 Å². The highest BCUT2D eigenvalue weighted by Gasteiger charge is 2.19. The molecular weight excluding hydrogens is 280 g/mol. The van der Waals surface area contributed by atoms with Crippen LogP contribution in [0.15, 0.2) is 24.3 Å². The molecule has 4 nitrogen and oxygen atoms in total. The van der Waals surface area contributed by atoms with Gasteiger partial charge in [0, 0.05) is 11.8 Å². The maximum absolute atomic E-state index is 11.9. The summed E-state index contributed by atoms with van der Waals surface area (Å²) in [6.07, 6.45) is 2.26. The average Bonchev–Trinajstić information content (AvgIpc) is 2.90. The quantitative estimate of drug-likeness (QED) is 0.900. The van der Waals surface area contributed by atoms with E-state index in [1.54, 1.807) is 24.3 Å². The van der Waals surface area contributed by atoms with Crippen molar-refractivity contribution in [1.82, 2.24) is 4.72 Å². The normalized spacial score (nSPS) is 19.2. The fourth-order valence-electron chi connectivity index (χ4n) is 1.97. The summed E-state index contributed by atoms with van der Waals surface area (Å²) < 4.78 is 26.5. The fourth-order valence-corrected chi connectivity index (χ4v) is 4.47. The lowest BCUT2D eigenvalue weighted by atomic mass is 10.2. The SMILES string of the molecule is N#Cc1ccc(CS(=O)(=O)NCC2CCCS2)cc1. The summed E-state index contributed by atoms with van der Waals surface area (Å²) in [6, 6.07) is 8.65. The molecule has 1 unspecified atom stereocenters. The van der Waals surface area contributed by atoms with Crippen molar-refractivity contribution in [3.05, 3.63) is 35.4 Å². The molecule has 1 fully saturated rings. The Morgan fingerprint density at radius 1 is 1.37 bits per heavy atom. The molecule has 1 aromatic rings. The molecule has 0 radical (unpaired) electrons. The molecule has 1 atom stereocenters. The lowest BCUT2D eigenvalue weighted by Crippen LogP contribution is -2.30. The Morgan fingerprint density at radius 2 is 2.11 bits per heavy atom. The minimum absolute atomic E-state index is 0.0317. The zero-order chi connectivity index (χ0) is 13.7. The van der Waals surface area contributed by atoms with Gasteiger partial charge in [-0.25, -0.2) is 13.1 Å². The number of sulfonamides is 1. The third-order valence-corrected chi connectivity index (χ3v) is 5.71. The van der Waals surface area contributed by atoms with E-state index in [4.69, 9.17) is 5.26 Å². The molecule has 1 heterocycles. The number of hydrogen-bond donors (Lipinski definition) is 1. The number of nitriles is 1. The molecule has 0 amide bonds. The number of nitrogens with zero attached hydrogens (tertiary/aromatic N) is 1. The van der Waals surface area contributed by atoms with Gasteiger partial charge < -0.3 is 0 Å². The predicted molar refractivity (Wildman–Crippen MR) is 77.3 cm³/mol. The summed E-state index contributed by atoms with van der Waals surface area (Å²) in [4.78, 5) is 0. The van der Waals surface area contributed by atoms with E-state index >= 15 is 0 Å². The van der Waals surface area contributed by atoms with Crippen molar-refractivity contribution in [2.75, 3.05) is 12.3 Å². The van der Waals surface area contributed by atoms with Gasteiger partial charge in [0.05, 0.1) is 17.4 Å². The summed E-state index contributed by atoms with van der Waals surface area (Å²) in [5, 5.41) is 9.10. The van der Waals surface area contributed by atoms with Crippen LogP contribution in [0, 0.1) is 11.3 Å². The van der Waals surface area contributed by atoms with Gasteiger partial charge in [-0.3, -0.25) is 0 Å². The van der Waals surface area contributed by atoms with Gasteiger partial charge in [-0.2, -0.15) is 17.0 Å². The average molecular weight is 296 g/mol. The second-order valence-corrected chi connectivity index (χ2v) is 7.77. The monoisotopic (exact) mass is 296 g/mol. The Morgan fingerprint density at radius 3 is 2.68 bits per heavy atom. The van der Waals surface area contributed by atoms with Crippen LogP contribution in [0.4, 0.5) is 0 Å². The first kappa shape index (κ1) is 14.4. The molecule has 1 aliphatic rings. The van der Waals surface area contributed by atoms with Crippen molar-refractivity contribution >= 4 is 21.8 Å².